The molecular weight excluding hydrogens is 543 g/mol. The maximum atomic E-state index is 13.1. The van der Waals surface area contributed by atoms with E-state index in [4.69, 9.17) is 11.6 Å². The van der Waals surface area contributed by atoms with Gasteiger partial charge in [0.15, 0.2) is 4.90 Å². The van der Waals surface area contributed by atoms with Crippen LogP contribution in [0.25, 0.3) is 0 Å². The first-order valence-electron chi connectivity index (χ1n) is 10.1. The van der Waals surface area contributed by atoms with Gasteiger partial charge < -0.3 is 9.87 Å². The zero-order valence-electron chi connectivity index (χ0n) is 18.0. The van der Waals surface area contributed by atoms with Crippen LogP contribution < -0.4 is 5.32 Å². The van der Waals surface area contributed by atoms with Gasteiger partial charge >= 0.3 is 12.4 Å². The third-order valence-corrected chi connectivity index (χ3v) is 8.97. The molecule has 2 nitrogen and oxygen atoms in total. The molecule has 12 heteroatoms. The van der Waals surface area contributed by atoms with Crippen molar-refractivity contribution in [2.75, 3.05) is 18.8 Å². The van der Waals surface area contributed by atoms with Gasteiger partial charge in [-0.1, -0.05) is 29.8 Å². The second-order valence-corrected chi connectivity index (χ2v) is 10.9. The maximum absolute atomic E-state index is 13.1. The average molecular weight is 566 g/mol. The first-order valence-corrected chi connectivity index (χ1v) is 12.8. The summed E-state index contributed by atoms with van der Waals surface area (Å²) in [6, 6.07) is 9.64. The Morgan fingerprint density at radius 1 is 0.971 bits per heavy atom. The Morgan fingerprint density at radius 3 is 2.15 bits per heavy atom. The van der Waals surface area contributed by atoms with Crippen molar-refractivity contribution in [3.05, 3.63) is 58.1 Å². The second-order valence-electron chi connectivity index (χ2n) is 8.01. The summed E-state index contributed by atoms with van der Waals surface area (Å²) in [5.41, 5.74) is -0.852. The van der Waals surface area contributed by atoms with E-state index in [1.165, 1.54) is 35.0 Å². The minimum absolute atomic E-state index is 0. The zero-order valence-corrected chi connectivity index (χ0v) is 21.2. The third kappa shape index (κ3) is 6.50. The van der Waals surface area contributed by atoms with Crippen LogP contribution in [0.5, 0.6) is 0 Å². The summed E-state index contributed by atoms with van der Waals surface area (Å²) < 4.78 is 91.0. The lowest BCUT2D eigenvalue weighted by Gasteiger charge is -2.33. The molecule has 34 heavy (non-hydrogen) atoms. The molecule has 0 amide bonds. The van der Waals surface area contributed by atoms with Crippen molar-refractivity contribution >= 4 is 46.9 Å². The van der Waals surface area contributed by atoms with Crippen molar-refractivity contribution < 1.29 is 30.9 Å². The summed E-state index contributed by atoms with van der Waals surface area (Å²) in [6.45, 7) is 1.77. The summed E-state index contributed by atoms with van der Waals surface area (Å²) in [4.78, 5) is 0.887. The molecule has 0 bridgehead atoms. The second kappa shape index (κ2) is 11.5. The summed E-state index contributed by atoms with van der Waals surface area (Å²) in [5, 5.41) is 3.98. The van der Waals surface area contributed by atoms with Gasteiger partial charge in [-0.3, -0.25) is 0 Å². The normalized spacial score (nSPS) is 15.8. The van der Waals surface area contributed by atoms with Crippen molar-refractivity contribution in [1.29, 1.82) is 0 Å². The number of rotatable bonds is 6. The van der Waals surface area contributed by atoms with E-state index in [0.29, 0.717) is 10.8 Å². The molecule has 1 unspecified atom stereocenters. The van der Waals surface area contributed by atoms with Crippen molar-refractivity contribution in [3.8, 4) is 0 Å². The molecule has 0 aliphatic carbocycles. The monoisotopic (exact) mass is 565 g/mol. The van der Waals surface area contributed by atoms with Crippen molar-refractivity contribution in [3.63, 3.8) is 0 Å². The van der Waals surface area contributed by atoms with Crippen LogP contribution in [0.2, 0.25) is 5.02 Å². The van der Waals surface area contributed by atoms with Gasteiger partial charge in [0.05, 0.1) is 5.02 Å². The molecule has 2 aromatic carbocycles. The topological polar surface area (TPSA) is 35.1 Å². The van der Waals surface area contributed by atoms with E-state index in [9.17, 15) is 30.9 Å². The van der Waals surface area contributed by atoms with Crippen LogP contribution in [0.15, 0.2) is 46.2 Å². The Bertz CT molecular complexity index is 956. The lowest BCUT2D eigenvalue weighted by Crippen LogP contribution is -2.52. The minimum atomic E-state index is -5.57. The number of alkyl halides is 6. The Balaban J connectivity index is 0.00000408. The lowest BCUT2D eigenvalue weighted by atomic mass is 9.92. The summed E-state index contributed by atoms with van der Waals surface area (Å²) >= 11 is 5.46. The van der Waals surface area contributed by atoms with E-state index < -0.39 is 34.7 Å². The Morgan fingerprint density at radius 2 is 1.56 bits per heavy atom. The van der Waals surface area contributed by atoms with Gasteiger partial charge in [0.2, 0.25) is 5.41 Å². The first-order chi connectivity index (χ1) is 15.3. The summed E-state index contributed by atoms with van der Waals surface area (Å²) in [6.07, 6.45) is -9.40. The number of hydrogen-bond donors (Lipinski definition) is 1. The molecule has 190 valence electrons. The van der Waals surface area contributed by atoms with Crippen LogP contribution in [-0.4, -0.2) is 35.7 Å². The Kier molecular flexibility index (Phi) is 9.98. The molecule has 0 saturated heterocycles. The summed E-state index contributed by atoms with van der Waals surface area (Å²) in [5.74, 6) is -1.09. The largest absolute Gasteiger partial charge is 0.611 e. The van der Waals surface area contributed by atoms with Gasteiger partial charge in [-0.25, -0.2) is 0 Å². The fraction of sp³-hybridized carbons (Fsp3) is 0.455. The van der Waals surface area contributed by atoms with E-state index >= 15 is 0 Å². The number of benzene rings is 2. The smallest absolute Gasteiger partial charge is 0.407 e. The molecule has 1 aliphatic rings. The van der Waals surface area contributed by atoms with Crippen LogP contribution >= 0.6 is 35.8 Å². The fourth-order valence-corrected chi connectivity index (χ4v) is 6.34. The van der Waals surface area contributed by atoms with Crippen LogP contribution in [0, 0.1) is 5.41 Å². The number of nitrogens with one attached hydrogen (secondary N) is 1. The van der Waals surface area contributed by atoms with Crippen molar-refractivity contribution in [1.82, 2.24) is 5.32 Å². The molecule has 0 radical (unpaired) electrons. The Hall–Kier alpha value is -0.780. The molecule has 2 aromatic rings. The highest BCUT2D eigenvalue weighted by Gasteiger charge is 2.69. The SMILES string of the molecule is CC(C[S+]([O-])c1ccc(CSc2c(Cl)ccc3c2CCNCC3)cc1)(C(F)(F)F)C(F)(F)F.Cl. The van der Waals surface area contributed by atoms with E-state index in [0.717, 1.165) is 36.4 Å². The quantitative estimate of drug-likeness (QED) is 0.233. The molecule has 3 rings (SSSR count). The standard InChI is InChI=1S/C22H22ClF6NOS2.ClH/c1-20(21(24,25)26,22(27,28)29)13-33(31)16-5-2-14(3-6-16)12-32-19-17-9-11-30-10-8-15(17)4-7-18(19)23;/h2-7,30H,8-13H2,1H3;1H. The molecule has 1 atom stereocenters. The van der Waals surface area contributed by atoms with E-state index in [1.807, 2.05) is 12.1 Å². The van der Waals surface area contributed by atoms with Crippen LogP contribution in [0.4, 0.5) is 26.3 Å². The van der Waals surface area contributed by atoms with E-state index in [-0.39, 0.29) is 24.2 Å². The maximum Gasteiger partial charge on any atom is 0.407 e. The van der Waals surface area contributed by atoms with Crippen LogP contribution in [-0.2, 0) is 29.8 Å². The molecule has 0 fully saturated rings. The highest BCUT2D eigenvalue weighted by molar-refractivity contribution is 7.98. The number of thioether (sulfide) groups is 1. The van der Waals surface area contributed by atoms with Gasteiger partial charge in [0.1, 0.15) is 5.75 Å². The summed E-state index contributed by atoms with van der Waals surface area (Å²) in [7, 11) is 0. The molecule has 1 aliphatic heterocycles. The van der Waals surface area contributed by atoms with Gasteiger partial charge in [0.25, 0.3) is 0 Å². The highest BCUT2D eigenvalue weighted by atomic mass is 35.5. The Labute approximate surface area is 212 Å². The lowest BCUT2D eigenvalue weighted by molar-refractivity contribution is -0.325. The van der Waals surface area contributed by atoms with Gasteiger partial charge in [0, 0.05) is 10.6 Å². The van der Waals surface area contributed by atoms with Gasteiger partial charge in [-0.2, -0.15) is 26.3 Å². The molecular formula is C22H23Cl2F6NOS2. The van der Waals surface area contributed by atoms with Gasteiger partial charge in [-0.15, -0.1) is 24.2 Å². The van der Waals surface area contributed by atoms with E-state index in [2.05, 4.69) is 5.32 Å². The first kappa shape index (κ1) is 29.5. The highest BCUT2D eigenvalue weighted by Crippen LogP contribution is 2.51. The van der Waals surface area contributed by atoms with Crippen LogP contribution in [0.3, 0.4) is 0 Å². The molecule has 0 aromatic heterocycles. The third-order valence-electron chi connectivity index (χ3n) is 5.67. The van der Waals surface area contributed by atoms with Crippen molar-refractivity contribution in [2.24, 2.45) is 5.41 Å². The zero-order chi connectivity index (χ0) is 24.4. The number of halogens is 8. The fourth-order valence-electron chi connectivity index (χ4n) is 3.43. The minimum Gasteiger partial charge on any atom is -0.611 e. The van der Waals surface area contributed by atoms with Crippen LogP contribution in [0.1, 0.15) is 23.6 Å². The molecule has 0 saturated carbocycles. The molecule has 1 heterocycles. The predicted octanol–water partition coefficient (Wildman–Crippen LogP) is 6.98. The molecule has 1 N–H and O–H groups in total. The van der Waals surface area contributed by atoms with E-state index in [1.54, 1.807) is 12.1 Å². The number of fused-ring (bicyclic) bond motifs is 1. The van der Waals surface area contributed by atoms with Gasteiger partial charge in [-0.05, 0) is 78.9 Å². The average Bonchev–Trinajstić information content (AvgIpc) is 2.97. The molecule has 0 spiro atoms. The van der Waals surface area contributed by atoms with Crippen molar-refractivity contribution in [2.45, 2.75) is 47.7 Å². The number of hydrogen-bond acceptors (Lipinski definition) is 3. The predicted molar refractivity (Wildman–Crippen MR) is 126 cm³/mol.